The Morgan fingerprint density at radius 2 is 1.88 bits per heavy atom. The lowest BCUT2D eigenvalue weighted by atomic mass is 9.84. The largest absolute Gasteiger partial charge is 0.452 e. The molecule has 0 saturated carbocycles. The van der Waals surface area contributed by atoms with Gasteiger partial charge in [-0.05, 0) is 24.6 Å². The van der Waals surface area contributed by atoms with Crippen molar-refractivity contribution in [2.45, 2.75) is 31.2 Å². The highest BCUT2D eigenvalue weighted by Crippen LogP contribution is 2.41. The molecule has 0 saturated heterocycles. The van der Waals surface area contributed by atoms with Crippen molar-refractivity contribution in [3.63, 3.8) is 0 Å². The Kier molecular flexibility index (Phi) is 4.09. The van der Waals surface area contributed by atoms with Crippen molar-refractivity contribution < 1.29 is 22.3 Å². The van der Waals surface area contributed by atoms with E-state index in [9.17, 15) is 17.6 Å². The fraction of sp³-hybridized carbons (Fsp3) is 0.312. The maximum Gasteiger partial charge on any atom is 0.425 e. The van der Waals surface area contributed by atoms with Crippen LogP contribution in [0.5, 0.6) is 0 Å². The molecule has 0 bridgehead atoms. The predicted molar refractivity (Wildman–Crippen MR) is 81.9 cm³/mol. The molecule has 2 atom stereocenters. The second-order valence-corrected chi connectivity index (χ2v) is 5.90. The molecule has 1 aromatic heterocycles. The maximum atomic E-state index is 14.4. The summed E-state index contributed by atoms with van der Waals surface area (Å²) in [5.74, 6) is -0.678. The molecule has 25 heavy (non-hydrogen) atoms. The van der Waals surface area contributed by atoms with Gasteiger partial charge >= 0.3 is 6.18 Å². The number of aliphatic imine (C=N–C) groups is 1. The summed E-state index contributed by atoms with van der Waals surface area (Å²) in [5.41, 5.74) is 5.06. The molecular weight excluding hydrogens is 340 g/mol. The van der Waals surface area contributed by atoms with Crippen LogP contribution in [0.25, 0.3) is 11.1 Å². The summed E-state index contributed by atoms with van der Waals surface area (Å²) in [6.07, 6.45) is -2.99. The van der Waals surface area contributed by atoms with E-state index >= 15 is 0 Å². The van der Waals surface area contributed by atoms with Crippen LogP contribution in [0.1, 0.15) is 18.9 Å². The Morgan fingerprint density at radius 3 is 2.52 bits per heavy atom. The molecule has 2 heterocycles. The highest BCUT2D eigenvalue weighted by atomic mass is 19.4. The minimum Gasteiger partial charge on any atom is -0.452 e. The highest BCUT2D eigenvalue weighted by molar-refractivity contribution is 5.73. The average molecular weight is 354 g/mol. The molecule has 0 radical (unpaired) electrons. The summed E-state index contributed by atoms with van der Waals surface area (Å²) >= 11 is 0. The van der Waals surface area contributed by atoms with Gasteiger partial charge in [-0.25, -0.2) is 19.4 Å². The van der Waals surface area contributed by atoms with E-state index in [0.29, 0.717) is 11.1 Å². The van der Waals surface area contributed by atoms with Gasteiger partial charge in [0.2, 0.25) is 0 Å². The number of alkyl halides is 3. The number of hydrogen-bond acceptors (Lipinski definition) is 5. The van der Waals surface area contributed by atoms with Crippen molar-refractivity contribution in [3.8, 4) is 11.1 Å². The van der Waals surface area contributed by atoms with Crippen LogP contribution in [0.4, 0.5) is 17.6 Å². The zero-order valence-corrected chi connectivity index (χ0v) is 13.1. The summed E-state index contributed by atoms with van der Waals surface area (Å²) < 4.78 is 58.2. The molecule has 0 amide bonds. The first kappa shape index (κ1) is 17.1. The lowest BCUT2D eigenvalue weighted by molar-refractivity contribution is -0.208. The average Bonchev–Trinajstić information content (AvgIpc) is 2.54. The van der Waals surface area contributed by atoms with Crippen molar-refractivity contribution in [1.29, 1.82) is 0 Å². The Labute approximate surface area is 140 Å². The van der Waals surface area contributed by atoms with Crippen LogP contribution in [0.2, 0.25) is 0 Å². The molecule has 132 valence electrons. The van der Waals surface area contributed by atoms with Crippen molar-refractivity contribution in [2.24, 2.45) is 10.7 Å². The lowest BCUT2D eigenvalue weighted by Crippen LogP contribution is -2.46. The van der Waals surface area contributed by atoms with E-state index in [2.05, 4.69) is 19.7 Å². The first-order valence-corrected chi connectivity index (χ1v) is 7.33. The Balaban J connectivity index is 2.07. The van der Waals surface area contributed by atoms with Crippen LogP contribution < -0.4 is 5.73 Å². The molecule has 0 fully saturated rings. The maximum absolute atomic E-state index is 14.4. The van der Waals surface area contributed by atoms with Crippen LogP contribution in [-0.2, 0) is 10.3 Å². The fourth-order valence-electron chi connectivity index (χ4n) is 2.78. The second kappa shape index (κ2) is 5.98. The Hall–Kier alpha value is -2.71. The standard InChI is InChI=1S/C16H14F4N4O/c1-15(5-13(16(18,19)20)25-14(21)24-15)11-4-9(2-3-12(11)17)10-6-22-8-23-7-10/h2-4,6-8,13H,5H2,1H3,(H2,21,24)/t13-,15-/m0/s1. The molecule has 1 aromatic carbocycles. The monoisotopic (exact) mass is 354 g/mol. The summed E-state index contributed by atoms with van der Waals surface area (Å²) in [6, 6.07) is 3.48. The zero-order chi connectivity index (χ0) is 18.2. The molecule has 9 heteroatoms. The molecule has 5 nitrogen and oxygen atoms in total. The van der Waals surface area contributed by atoms with E-state index in [4.69, 9.17) is 5.73 Å². The predicted octanol–water partition coefficient (Wildman–Crippen LogP) is 3.16. The molecular formula is C16H14F4N4O. The van der Waals surface area contributed by atoms with E-state index in [1.54, 1.807) is 0 Å². The summed E-state index contributed by atoms with van der Waals surface area (Å²) in [6.45, 7) is 1.39. The summed E-state index contributed by atoms with van der Waals surface area (Å²) in [5, 5.41) is 0. The molecule has 0 unspecified atom stereocenters. The van der Waals surface area contributed by atoms with Gasteiger partial charge in [-0.2, -0.15) is 13.2 Å². The Morgan fingerprint density at radius 1 is 1.20 bits per heavy atom. The summed E-state index contributed by atoms with van der Waals surface area (Å²) in [4.78, 5) is 11.7. The smallest absolute Gasteiger partial charge is 0.425 e. The van der Waals surface area contributed by atoms with Gasteiger partial charge in [0.05, 0.1) is 5.54 Å². The quantitative estimate of drug-likeness (QED) is 0.841. The van der Waals surface area contributed by atoms with Crippen molar-refractivity contribution >= 4 is 6.02 Å². The molecule has 1 aliphatic heterocycles. The van der Waals surface area contributed by atoms with E-state index in [-0.39, 0.29) is 5.56 Å². The SMILES string of the molecule is C[C@@]1(c2cc(-c3cncnc3)ccc2F)C[C@@H](C(F)(F)F)OC(N)=N1. The minimum atomic E-state index is -4.64. The van der Waals surface area contributed by atoms with Gasteiger partial charge in [0.1, 0.15) is 12.1 Å². The molecule has 0 spiro atoms. The normalized spacial score (nSPS) is 23.7. The number of ether oxygens (including phenoxy) is 1. The van der Waals surface area contributed by atoms with Crippen LogP contribution in [0, 0.1) is 5.82 Å². The van der Waals surface area contributed by atoms with Gasteiger partial charge in [0, 0.05) is 29.9 Å². The molecule has 0 aliphatic carbocycles. The first-order chi connectivity index (χ1) is 11.7. The lowest BCUT2D eigenvalue weighted by Gasteiger charge is -2.36. The van der Waals surface area contributed by atoms with E-state index in [1.165, 1.54) is 43.8 Å². The number of nitrogens with zero attached hydrogens (tertiary/aromatic N) is 3. The topological polar surface area (TPSA) is 73.4 Å². The van der Waals surface area contributed by atoms with E-state index in [0.717, 1.165) is 0 Å². The Bertz CT molecular complexity index is 810. The van der Waals surface area contributed by atoms with Crippen LogP contribution in [-0.4, -0.2) is 28.3 Å². The van der Waals surface area contributed by atoms with E-state index in [1.807, 2.05) is 0 Å². The van der Waals surface area contributed by atoms with Gasteiger partial charge in [0.15, 0.2) is 6.10 Å². The third kappa shape index (κ3) is 3.40. The summed E-state index contributed by atoms with van der Waals surface area (Å²) in [7, 11) is 0. The zero-order valence-electron chi connectivity index (χ0n) is 13.1. The fourth-order valence-corrected chi connectivity index (χ4v) is 2.78. The number of nitrogens with two attached hydrogens (primary N) is 1. The number of amidine groups is 1. The van der Waals surface area contributed by atoms with Gasteiger partial charge < -0.3 is 10.5 Å². The van der Waals surface area contributed by atoms with Gasteiger partial charge in [-0.1, -0.05) is 6.07 Å². The molecule has 2 aromatic rings. The van der Waals surface area contributed by atoms with Crippen molar-refractivity contribution in [3.05, 3.63) is 48.3 Å². The molecule has 2 N–H and O–H groups in total. The van der Waals surface area contributed by atoms with Crippen LogP contribution in [0.3, 0.4) is 0 Å². The number of halogens is 4. The second-order valence-electron chi connectivity index (χ2n) is 5.90. The van der Waals surface area contributed by atoms with Gasteiger partial charge in [-0.15, -0.1) is 0 Å². The highest BCUT2D eigenvalue weighted by Gasteiger charge is 2.50. The third-order valence-corrected chi connectivity index (χ3v) is 4.01. The molecule has 1 aliphatic rings. The minimum absolute atomic E-state index is 0.00523. The third-order valence-electron chi connectivity index (χ3n) is 4.01. The van der Waals surface area contributed by atoms with Crippen molar-refractivity contribution in [2.75, 3.05) is 0 Å². The number of aromatic nitrogens is 2. The van der Waals surface area contributed by atoms with Gasteiger partial charge in [0.25, 0.3) is 6.02 Å². The van der Waals surface area contributed by atoms with Crippen molar-refractivity contribution in [1.82, 2.24) is 9.97 Å². The van der Waals surface area contributed by atoms with Crippen LogP contribution in [0.15, 0.2) is 41.9 Å². The number of rotatable bonds is 2. The van der Waals surface area contributed by atoms with Gasteiger partial charge in [-0.3, -0.25) is 0 Å². The molecule has 3 rings (SSSR count). The van der Waals surface area contributed by atoms with E-state index < -0.39 is 36.1 Å². The first-order valence-electron chi connectivity index (χ1n) is 7.33. The number of hydrogen-bond donors (Lipinski definition) is 1. The number of benzene rings is 1. The van der Waals surface area contributed by atoms with Crippen LogP contribution >= 0.6 is 0 Å².